The van der Waals surface area contributed by atoms with E-state index in [4.69, 9.17) is 0 Å². The summed E-state index contributed by atoms with van der Waals surface area (Å²) in [5.74, 6) is 0. The van der Waals surface area contributed by atoms with Gasteiger partial charge >= 0.3 is 0 Å². The van der Waals surface area contributed by atoms with Crippen molar-refractivity contribution in [1.29, 1.82) is 0 Å². The quantitative estimate of drug-likeness (QED) is 0.204. The second-order valence-corrected chi connectivity index (χ2v) is 9.98. The summed E-state index contributed by atoms with van der Waals surface area (Å²) < 4.78 is 2.93. The lowest BCUT2D eigenvalue weighted by Gasteiger charge is -2.50. The number of quaternary nitrogens is 2. The van der Waals surface area contributed by atoms with Gasteiger partial charge in [0.05, 0.1) is 52.4 Å². The van der Waals surface area contributed by atoms with Gasteiger partial charge in [0.25, 0.3) is 0 Å². The van der Waals surface area contributed by atoms with Gasteiger partial charge in [-0.3, -0.25) is 9.80 Å². The highest BCUT2D eigenvalue weighted by Gasteiger charge is 2.38. The maximum atomic E-state index is 2.66. The van der Waals surface area contributed by atoms with Crippen molar-refractivity contribution in [2.75, 3.05) is 91.6 Å². The molecule has 28 heavy (non-hydrogen) atoms. The molecule has 0 N–H and O–H groups in total. The molecule has 0 amide bonds. The Morgan fingerprint density at radius 2 is 0.643 bits per heavy atom. The van der Waals surface area contributed by atoms with E-state index in [9.17, 15) is 0 Å². The van der Waals surface area contributed by atoms with Crippen LogP contribution in [0.2, 0.25) is 0 Å². The molecular formula is C22H44Br2N4. The number of unbranched alkanes of at least 4 members (excludes halogenated alkanes) is 7. The average molecular weight is 524 g/mol. The van der Waals surface area contributed by atoms with Crippen LogP contribution in [0.4, 0.5) is 0 Å². The summed E-state index contributed by atoms with van der Waals surface area (Å²) in [7, 11) is 0. The number of halogens is 2. The number of rotatable bonds is 11. The van der Waals surface area contributed by atoms with Crippen LogP contribution in [-0.2, 0) is 0 Å². The Kier molecular flexibility index (Phi) is 10.7. The SMILES string of the molecule is C(CCCCC[N+]12CCN(CC1)CC2)CCCC[N+]12CCN(CC1)CC2.[Br-].[Br-]. The lowest BCUT2D eigenvalue weighted by atomic mass is 10.0. The van der Waals surface area contributed by atoms with Crippen LogP contribution in [0.15, 0.2) is 0 Å². The molecule has 0 saturated carbocycles. The van der Waals surface area contributed by atoms with Crippen molar-refractivity contribution in [1.82, 2.24) is 9.80 Å². The van der Waals surface area contributed by atoms with Crippen LogP contribution in [0.3, 0.4) is 0 Å². The fraction of sp³-hybridized carbons (Fsp3) is 1.00. The predicted molar refractivity (Wildman–Crippen MR) is 109 cm³/mol. The van der Waals surface area contributed by atoms with Gasteiger partial charge in [-0.15, -0.1) is 0 Å². The van der Waals surface area contributed by atoms with Crippen molar-refractivity contribution in [2.45, 2.75) is 51.4 Å². The maximum Gasteiger partial charge on any atom is 0.0916 e. The molecule has 6 heteroatoms. The molecule has 6 aliphatic rings. The van der Waals surface area contributed by atoms with E-state index in [1.54, 1.807) is 0 Å². The molecule has 0 aromatic carbocycles. The smallest absolute Gasteiger partial charge is 0.0916 e. The van der Waals surface area contributed by atoms with E-state index in [2.05, 4.69) is 9.80 Å². The number of nitrogens with zero attached hydrogens (tertiary/aromatic N) is 4. The summed E-state index contributed by atoms with van der Waals surface area (Å²) in [6.07, 6.45) is 11.9. The first-order chi connectivity index (χ1) is 12.8. The third-order valence-corrected chi connectivity index (χ3v) is 8.36. The second kappa shape index (κ2) is 12.0. The molecule has 0 spiro atoms. The number of piperazine rings is 6. The molecule has 6 fully saturated rings. The lowest BCUT2D eigenvalue weighted by Crippen LogP contribution is -3.00. The van der Waals surface area contributed by atoms with Gasteiger partial charge in [0.15, 0.2) is 0 Å². The van der Waals surface area contributed by atoms with Crippen LogP contribution >= 0.6 is 0 Å². The Bertz CT molecular complexity index is 365. The van der Waals surface area contributed by atoms with Crippen molar-refractivity contribution in [2.24, 2.45) is 0 Å². The van der Waals surface area contributed by atoms with Gasteiger partial charge < -0.3 is 42.9 Å². The molecule has 0 unspecified atom stereocenters. The molecule has 6 saturated heterocycles. The first-order valence-corrected chi connectivity index (χ1v) is 11.9. The number of hydrogen-bond donors (Lipinski definition) is 0. The van der Waals surface area contributed by atoms with Crippen LogP contribution in [0.1, 0.15) is 51.4 Å². The Balaban J connectivity index is 0.00000140. The van der Waals surface area contributed by atoms with Crippen molar-refractivity contribution < 1.29 is 42.9 Å². The highest BCUT2D eigenvalue weighted by Crippen LogP contribution is 2.22. The topological polar surface area (TPSA) is 6.48 Å². The predicted octanol–water partition coefficient (Wildman–Crippen LogP) is -3.59. The van der Waals surface area contributed by atoms with Gasteiger partial charge in [-0.25, -0.2) is 0 Å². The monoisotopic (exact) mass is 522 g/mol. The average Bonchev–Trinajstić information content (AvgIpc) is 2.72. The Morgan fingerprint density at radius 3 is 0.929 bits per heavy atom. The zero-order chi connectivity index (χ0) is 17.7. The summed E-state index contributed by atoms with van der Waals surface area (Å²) in [6, 6.07) is 0. The van der Waals surface area contributed by atoms with Gasteiger partial charge in [0, 0.05) is 39.3 Å². The van der Waals surface area contributed by atoms with E-state index in [0.29, 0.717) is 0 Å². The molecule has 4 nitrogen and oxygen atoms in total. The normalized spacial score (nSPS) is 36.0. The van der Waals surface area contributed by atoms with E-state index >= 15 is 0 Å². The van der Waals surface area contributed by atoms with Gasteiger partial charge in [0.2, 0.25) is 0 Å². The summed E-state index contributed by atoms with van der Waals surface area (Å²) >= 11 is 0. The molecule has 0 atom stereocenters. The Morgan fingerprint density at radius 1 is 0.393 bits per heavy atom. The minimum atomic E-state index is 0. The second-order valence-electron chi connectivity index (χ2n) is 9.98. The van der Waals surface area contributed by atoms with Crippen molar-refractivity contribution in [3.8, 4) is 0 Å². The number of hydrogen-bond acceptors (Lipinski definition) is 2. The summed E-state index contributed by atoms with van der Waals surface area (Å²) in [5, 5.41) is 0. The highest BCUT2D eigenvalue weighted by molar-refractivity contribution is 4.71. The summed E-state index contributed by atoms with van der Waals surface area (Å²) in [4.78, 5) is 5.32. The number of fused-ring (bicyclic) bond motifs is 6. The molecule has 0 aliphatic carbocycles. The van der Waals surface area contributed by atoms with E-state index in [-0.39, 0.29) is 34.0 Å². The minimum absolute atomic E-state index is 0. The zero-order valence-corrected chi connectivity index (χ0v) is 21.3. The van der Waals surface area contributed by atoms with Crippen LogP contribution in [0, 0.1) is 0 Å². The molecule has 4 bridgehead atoms. The van der Waals surface area contributed by atoms with E-state index in [0.717, 1.165) is 0 Å². The molecular weight excluding hydrogens is 480 g/mol. The van der Waals surface area contributed by atoms with E-state index < -0.39 is 0 Å². The molecule has 0 aromatic rings. The van der Waals surface area contributed by atoms with Crippen LogP contribution in [0.5, 0.6) is 0 Å². The molecule has 6 rings (SSSR count). The van der Waals surface area contributed by atoms with Gasteiger partial charge in [0.1, 0.15) is 0 Å². The van der Waals surface area contributed by atoms with Crippen LogP contribution < -0.4 is 34.0 Å². The minimum Gasteiger partial charge on any atom is -1.00 e. The van der Waals surface area contributed by atoms with E-state index in [1.165, 1.54) is 152 Å². The van der Waals surface area contributed by atoms with E-state index in [1.807, 2.05) is 0 Å². The van der Waals surface area contributed by atoms with Crippen LogP contribution in [0.25, 0.3) is 0 Å². The Hall–Kier alpha value is 0.800. The molecule has 0 radical (unpaired) electrons. The lowest BCUT2D eigenvalue weighted by molar-refractivity contribution is -0.941. The first kappa shape index (κ1) is 25.1. The van der Waals surface area contributed by atoms with Crippen molar-refractivity contribution >= 4 is 0 Å². The first-order valence-electron chi connectivity index (χ1n) is 11.9. The highest BCUT2D eigenvalue weighted by atomic mass is 79.9. The van der Waals surface area contributed by atoms with Crippen molar-refractivity contribution in [3.63, 3.8) is 0 Å². The van der Waals surface area contributed by atoms with Gasteiger partial charge in [-0.1, -0.05) is 25.7 Å². The standard InChI is InChI=1S/C22H44N4.2BrH/c1(3-5-7-15-25-17-9-23(10-18-25)11-19-25)2-4-6-8-16-26-20-12-24(13-21-26)14-22-26;;/h1-22H2;2*1H/q+2;;/p-2. The zero-order valence-electron chi connectivity index (χ0n) is 18.1. The molecule has 166 valence electrons. The molecule has 6 aliphatic heterocycles. The summed E-state index contributed by atoms with van der Waals surface area (Å²) in [6.45, 7) is 19.8. The third kappa shape index (κ3) is 6.65. The van der Waals surface area contributed by atoms with Crippen LogP contribution in [-0.4, -0.2) is 110 Å². The molecule has 0 aromatic heterocycles. The molecule has 6 heterocycles. The van der Waals surface area contributed by atoms with Gasteiger partial charge in [-0.2, -0.15) is 0 Å². The maximum absolute atomic E-state index is 2.66. The largest absolute Gasteiger partial charge is 1.00 e. The fourth-order valence-corrected chi connectivity index (χ4v) is 6.09. The van der Waals surface area contributed by atoms with Crippen molar-refractivity contribution in [3.05, 3.63) is 0 Å². The third-order valence-electron chi connectivity index (χ3n) is 8.36. The van der Waals surface area contributed by atoms with Gasteiger partial charge in [-0.05, 0) is 25.7 Å². The fourth-order valence-electron chi connectivity index (χ4n) is 6.09. The summed E-state index contributed by atoms with van der Waals surface area (Å²) in [5.41, 5.74) is 0. The Labute approximate surface area is 195 Å².